The van der Waals surface area contributed by atoms with Gasteiger partial charge in [0.25, 0.3) is 0 Å². The van der Waals surface area contributed by atoms with E-state index in [-0.39, 0.29) is 12.1 Å². The van der Waals surface area contributed by atoms with Crippen LogP contribution in [0.5, 0.6) is 0 Å². The number of hydrazine groups is 1. The van der Waals surface area contributed by atoms with Crippen LogP contribution in [-0.2, 0) is 0 Å². The minimum absolute atomic E-state index is 0.0949. The second kappa shape index (κ2) is 2.89. The van der Waals surface area contributed by atoms with Crippen molar-refractivity contribution in [2.45, 2.75) is 6.04 Å². The first-order valence-corrected chi connectivity index (χ1v) is 4.00. The average molecular weight is 172 g/mol. The molecule has 0 aliphatic carbocycles. The Morgan fingerprint density at radius 2 is 2.33 bits per heavy atom. The van der Waals surface area contributed by atoms with Crippen molar-refractivity contribution in [2.24, 2.45) is 0 Å². The van der Waals surface area contributed by atoms with Gasteiger partial charge in [0.05, 0.1) is 6.04 Å². The normalized spacial score (nSPS) is 31.2. The molecule has 2 rings (SSSR count). The summed E-state index contributed by atoms with van der Waals surface area (Å²) in [6.45, 7) is 2.34. The van der Waals surface area contributed by atoms with E-state index in [1.165, 1.54) is 5.06 Å². The predicted octanol–water partition coefficient (Wildman–Crippen LogP) is -1.41. The lowest BCUT2D eigenvalue weighted by atomic mass is 10.2. The van der Waals surface area contributed by atoms with Gasteiger partial charge in [0.2, 0.25) is 0 Å². The molecule has 0 aromatic rings. The van der Waals surface area contributed by atoms with Crippen molar-refractivity contribution >= 4 is 6.03 Å². The van der Waals surface area contributed by atoms with E-state index in [1.807, 2.05) is 0 Å². The number of urea groups is 1. The second-order valence-corrected chi connectivity index (χ2v) is 3.07. The molecule has 1 atom stereocenters. The highest BCUT2D eigenvalue weighted by atomic mass is 16.5. The number of nitrogens with one attached hydrogen (secondary N) is 2. The van der Waals surface area contributed by atoms with Crippen molar-refractivity contribution in [3.63, 3.8) is 0 Å². The summed E-state index contributed by atoms with van der Waals surface area (Å²) in [6, 6.07) is -0.00292. The van der Waals surface area contributed by atoms with E-state index < -0.39 is 0 Å². The van der Waals surface area contributed by atoms with Crippen LogP contribution in [0.3, 0.4) is 0 Å². The maximum Gasteiger partial charge on any atom is 0.332 e. The van der Waals surface area contributed by atoms with Gasteiger partial charge in [-0.15, -0.1) is 0 Å². The summed E-state index contributed by atoms with van der Waals surface area (Å²) in [5.74, 6) is 0. The van der Waals surface area contributed by atoms with Crippen molar-refractivity contribution in [3.8, 4) is 0 Å². The molecule has 3 N–H and O–H groups in total. The fourth-order valence-corrected chi connectivity index (χ4v) is 1.60. The Labute approximate surface area is 70.1 Å². The Balaban J connectivity index is 2.04. The Kier molecular flexibility index (Phi) is 1.87. The Morgan fingerprint density at radius 3 is 3.17 bits per heavy atom. The van der Waals surface area contributed by atoms with E-state index in [1.54, 1.807) is 4.90 Å². The molecular weight excluding hydrogens is 160 g/mol. The Bertz CT molecular complexity index is 198. The molecule has 2 saturated heterocycles. The van der Waals surface area contributed by atoms with E-state index in [4.69, 9.17) is 0 Å². The van der Waals surface area contributed by atoms with Gasteiger partial charge in [0, 0.05) is 26.2 Å². The molecule has 12 heavy (non-hydrogen) atoms. The van der Waals surface area contributed by atoms with Crippen LogP contribution in [0.15, 0.2) is 0 Å². The van der Waals surface area contributed by atoms with E-state index in [0.29, 0.717) is 26.2 Å². The van der Waals surface area contributed by atoms with Gasteiger partial charge in [0.1, 0.15) is 0 Å². The van der Waals surface area contributed by atoms with Gasteiger partial charge >= 0.3 is 6.03 Å². The monoisotopic (exact) mass is 172 g/mol. The van der Waals surface area contributed by atoms with Gasteiger partial charge in [-0.05, 0) is 0 Å². The van der Waals surface area contributed by atoms with Gasteiger partial charge in [-0.2, -0.15) is 5.06 Å². The summed E-state index contributed by atoms with van der Waals surface area (Å²) in [5, 5.41) is 10.4. The van der Waals surface area contributed by atoms with Crippen LogP contribution >= 0.6 is 0 Å². The van der Waals surface area contributed by atoms with Crippen molar-refractivity contribution in [2.75, 3.05) is 26.2 Å². The molecule has 2 fully saturated rings. The first-order valence-electron chi connectivity index (χ1n) is 4.00. The molecule has 0 bridgehead atoms. The maximum atomic E-state index is 11.2. The van der Waals surface area contributed by atoms with Gasteiger partial charge < -0.3 is 10.1 Å². The summed E-state index contributed by atoms with van der Waals surface area (Å²) >= 11 is 0. The van der Waals surface area contributed by atoms with Crippen molar-refractivity contribution in [3.05, 3.63) is 0 Å². The Hall–Kier alpha value is -0.850. The predicted molar refractivity (Wildman–Crippen MR) is 40.4 cm³/mol. The standard InChI is InChI=1S/C6H12N4O2/c11-6-8-7-3-5-4-9(12)1-2-10(5)6/h5,7,12H,1-4H2,(H,8,11). The van der Waals surface area contributed by atoms with Crippen molar-refractivity contribution in [1.29, 1.82) is 0 Å². The third-order valence-corrected chi connectivity index (χ3v) is 2.26. The summed E-state index contributed by atoms with van der Waals surface area (Å²) in [7, 11) is 0. The number of piperazine rings is 1. The third-order valence-electron chi connectivity index (χ3n) is 2.26. The number of hydrogen-bond donors (Lipinski definition) is 3. The summed E-state index contributed by atoms with van der Waals surface area (Å²) < 4.78 is 0. The van der Waals surface area contributed by atoms with Crippen LogP contribution in [0.2, 0.25) is 0 Å². The molecule has 68 valence electrons. The number of hydroxylamine groups is 2. The maximum absolute atomic E-state index is 11.2. The first kappa shape index (κ1) is 7.78. The van der Waals surface area contributed by atoms with Gasteiger partial charge in [0.15, 0.2) is 0 Å². The highest BCUT2D eigenvalue weighted by Gasteiger charge is 2.32. The SMILES string of the molecule is O=C1NNCC2CN(O)CCN12. The number of carbonyl (C=O) groups excluding carboxylic acids is 1. The molecule has 2 aliphatic rings. The molecule has 0 aromatic carbocycles. The lowest BCUT2D eigenvalue weighted by Gasteiger charge is -2.41. The Morgan fingerprint density at radius 1 is 1.50 bits per heavy atom. The summed E-state index contributed by atoms with van der Waals surface area (Å²) in [6.07, 6.45) is 0. The quantitative estimate of drug-likeness (QED) is 0.420. The zero-order valence-corrected chi connectivity index (χ0v) is 6.66. The lowest BCUT2D eigenvalue weighted by molar-refractivity contribution is -0.128. The summed E-state index contributed by atoms with van der Waals surface area (Å²) in [4.78, 5) is 12.9. The van der Waals surface area contributed by atoms with Crippen LogP contribution in [0, 0.1) is 0 Å². The highest BCUT2D eigenvalue weighted by Crippen LogP contribution is 2.09. The van der Waals surface area contributed by atoms with Gasteiger partial charge in [-0.1, -0.05) is 0 Å². The lowest BCUT2D eigenvalue weighted by Crippen LogP contribution is -2.66. The molecule has 2 aliphatic heterocycles. The van der Waals surface area contributed by atoms with Crippen LogP contribution in [0.4, 0.5) is 4.79 Å². The smallest absolute Gasteiger partial charge is 0.317 e. The zero-order valence-electron chi connectivity index (χ0n) is 6.66. The average Bonchev–Trinajstić information content (AvgIpc) is 2.04. The largest absolute Gasteiger partial charge is 0.332 e. The number of nitrogens with zero attached hydrogens (tertiary/aromatic N) is 2. The topological polar surface area (TPSA) is 67.8 Å². The molecule has 0 spiro atoms. The number of hydrogen-bond acceptors (Lipinski definition) is 4. The highest BCUT2D eigenvalue weighted by molar-refractivity contribution is 5.74. The molecule has 6 nitrogen and oxygen atoms in total. The third kappa shape index (κ3) is 1.24. The minimum atomic E-state index is -0.0978. The van der Waals surface area contributed by atoms with Gasteiger partial charge in [-0.25, -0.2) is 10.2 Å². The second-order valence-electron chi connectivity index (χ2n) is 3.07. The zero-order chi connectivity index (χ0) is 8.55. The minimum Gasteiger partial charge on any atom is -0.317 e. The number of fused-ring (bicyclic) bond motifs is 1. The molecular formula is C6H12N4O2. The van der Waals surface area contributed by atoms with Crippen LogP contribution in [0.25, 0.3) is 0 Å². The van der Waals surface area contributed by atoms with Gasteiger partial charge in [-0.3, -0.25) is 5.43 Å². The fraction of sp³-hybridized carbons (Fsp3) is 0.833. The summed E-state index contributed by atoms with van der Waals surface area (Å²) in [5.41, 5.74) is 5.31. The molecule has 6 heteroatoms. The van der Waals surface area contributed by atoms with E-state index in [2.05, 4.69) is 10.9 Å². The van der Waals surface area contributed by atoms with Crippen LogP contribution in [-0.4, -0.2) is 53.4 Å². The first-order chi connectivity index (χ1) is 5.77. The van der Waals surface area contributed by atoms with E-state index >= 15 is 0 Å². The molecule has 1 unspecified atom stereocenters. The molecule has 0 radical (unpaired) electrons. The van der Waals surface area contributed by atoms with Crippen LogP contribution in [0.1, 0.15) is 0 Å². The molecule has 2 amide bonds. The number of carbonyl (C=O) groups is 1. The molecule has 0 saturated carbocycles. The number of rotatable bonds is 0. The number of amides is 2. The van der Waals surface area contributed by atoms with Crippen LogP contribution < -0.4 is 10.9 Å². The van der Waals surface area contributed by atoms with Crippen molar-refractivity contribution < 1.29 is 10.0 Å². The molecule has 0 aromatic heterocycles. The fourth-order valence-electron chi connectivity index (χ4n) is 1.60. The van der Waals surface area contributed by atoms with Crippen molar-refractivity contribution in [1.82, 2.24) is 20.8 Å². The van der Waals surface area contributed by atoms with E-state index in [0.717, 1.165) is 0 Å². The van der Waals surface area contributed by atoms with E-state index in [9.17, 15) is 10.0 Å². The molecule has 2 heterocycles.